The average Bonchev–Trinajstić information content (AvgIpc) is 3.03. The molecule has 3 aromatic rings. The predicted molar refractivity (Wildman–Crippen MR) is 142 cm³/mol. The van der Waals surface area contributed by atoms with Crippen LogP contribution in [0.2, 0.25) is 5.02 Å². The van der Waals surface area contributed by atoms with Crippen molar-refractivity contribution in [1.82, 2.24) is 25.9 Å². The molecule has 4 rings (SSSR count). The maximum atomic E-state index is 12.9. The number of aromatic nitrogens is 1. The Morgan fingerprint density at radius 2 is 1.67 bits per heavy atom. The van der Waals surface area contributed by atoms with Gasteiger partial charge in [0.05, 0.1) is 16.6 Å². The van der Waals surface area contributed by atoms with Gasteiger partial charge < -0.3 is 15.5 Å². The smallest absolute Gasteiger partial charge is 0.334 e. The predicted octanol–water partition coefficient (Wildman–Crippen LogP) is 3.93. The molecule has 0 bridgehead atoms. The number of amides is 3. The number of aryl methyl sites for hydroxylation is 2. The van der Waals surface area contributed by atoms with Gasteiger partial charge in [0, 0.05) is 12.7 Å². The number of carbonyl (C=O) groups is 2. The highest BCUT2D eigenvalue weighted by Crippen LogP contribution is 2.32. The molecule has 8 nitrogen and oxygen atoms in total. The van der Waals surface area contributed by atoms with Crippen molar-refractivity contribution in [2.75, 3.05) is 32.6 Å². The molecule has 188 valence electrons. The molecule has 1 heterocycles. The number of halogens is 1. The summed E-state index contributed by atoms with van der Waals surface area (Å²) in [5.74, 6) is 0.00347. The second-order valence-corrected chi connectivity index (χ2v) is 9.43. The van der Waals surface area contributed by atoms with Gasteiger partial charge in [-0.2, -0.15) is 0 Å². The van der Waals surface area contributed by atoms with Gasteiger partial charge in [-0.25, -0.2) is 9.78 Å². The van der Waals surface area contributed by atoms with E-state index in [1.807, 2.05) is 38.4 Å². The second-order valence-electron chi connectivity index (χ2n) is 9.02. The van der Waals surface area contributed by atoms with E-state index >= 15 is 0 Å². The van der Waals surface area contributed by atoms with Crippen LogP contribution in [0.4, 0.5) is 10.6 Å². The van der Waals surface area contributed by atoms with Crippen molar-refractivity contribution in [3.05, 3.63) is 93.6 Å². The molecule has 3 amide bonds. The van der Waals surface area contributed by atoms with Crippen molar-refractivity contribution in [2.24, 2.45) is 0 Å². The Kier molecular flexibility index (Phi) is 8.40. The summed E-state index contributed by atoms with van der Waals surface area (Å²) >= 11 is 6.32. The Morgan fingerprint density at radius 1 is 1.03 bits per heavy atom. The molecule has 4 N–H and O–H groups in total. The number of hydrogen-bond acceptors (Lipinski definition) is 5. The van der Waals surface area contributed by atoms with E-state index in [0.29, 0.717) is 12.1 Å². The molecule has 0 aliphatic heterocycles. The lowest BCUT2D eigenvalue weighted by molar-refractivity contribution is 0.0952. The molecule has 1 aromatic heterocycles. The highest BCUT2D eigenvalue weighted by Gasteiger charge is 2.24. The summed E-state index contributed by atoms with van der Waals surface area (Å²) in [6.45, 7) is 1.44. The van der Waals surface area contributed by atoms with Crippen LogP contribution in [0.1, 0.15) is 45.1 Å². The Labute approximate surface area is 216 Å². The number of pyridine rings is 1. The third kappa shape index (κ3) is 6.33. The van der Waals surface area contributed by atoms with Crippen LogP contribution in [0.5, 0.6) is 0 Å². The van der Waals surface area contributed by atoms with Crippen molar-refractivity contribution >= 4 is 29.4 Å². The molecule has 0 saturated carbocycles. The van der Waals surface area contributed by atoms with E-state index in [9.17, 15) is 9.59 Å². The number of hydrazine groups is 1. The number of hydrogen-bond donors (Lipinski definition) is 4. The number of benzene rings is 2. The van der Waals surface area contributed by atoms with E-state index in [-0.39, 0.29) is 22.8 Å². The maximum Gasteiger partial charge on any atom is 0.334 e. The Bertz CT molecular complexity index is 1180. The first-order chi connectivity index (χ1) is 17.4. The topological polar surface area (TPSA) is 98.4 Å². The lowest BCUT2D eigenvalue weighted by atomic mass is 9.95. The van der Waals surface area contributed by atoms with Crippen molar-refractivity contribution in [2.45, 2.75) is 25.3 Å². The molecule has 1 aliphatic carbocycles. The SMILES string of the molecule is CN(C)CCCNC(=O)c1cnc(NNC(=O)NC2c3ccccc3CCc3ccccc32)c(Cl)c1. The summed E-state index contributed by atoms with van der Waals surface area (Å²) < 4.78 is 0. The van der Waals surface area contributed by atoms with E-state index < -0.39 is 6.03 Å². The fraction of sp³-hybridized carbons (Fsp3) is 0.296. The second kappa shape index (κ2) is 11.9. The van der Waals surface area contributed by atoms with Crippen LogP contribution >= 0.6 is 11.6 Å². The summed E-state index contributed by atoms with van der Waals surface area (Å²) in [6, 6.07) is 17.2. The van der Waals surface area contributed by atoms with Crippen LogP contribution in [0.25, 0.3) is 0 Å². The molecule has 0 atom stereocenters. The van der Waals surface area contributed by atoms with E-state index in [1.165, 1.54) is 23.4 Å². The number of carbonyl (C=O) groups excluding carboxylic acids is 2. The van der Waals surface area contributed by atoms with Gasteiger partial charge in [0.2, 0.25) is 0 Å². The van der Waals surface area contributed by atoms with Crippen molar-refractivity contribution in [1.29, 1.82) is 0 Å². The third-order valence-corrected chi connectivity index (χ3v) is 6.42. The molecule has 0 saturated heterocycles. The highest BCUT2D eigenvalue weighted by atomic mass is 35.5. The number of nitrogens with one attached hydrogen (secondary N) is 4. The van der Waals surface area contributed by atoms with Crippen LogP contribution in [-0.2, 0) is 12.8 Å². The Balaban J connectivity index is 1.38. The quantitative estimate of drug-likeness (QED) is 0.274. The summed E-state index contributed by atoms with van der Waals surface area (Å²) in [4.78, 5) is 31.5. The van der Waals surface area contributed by atoms with Crippen LogP contribution in [0.3, 0.4) is 0 Å². The molecule has 2 aromatic carbocycles. The molecule has 0 unspecified atom stereocenters. The maximum absolute atomic E-state index is 12.9. The van der Waals surface area contributed by atoms with Crippen molar-refractivity contribution < 1.29 is 9.59 Å². The zero-order chi connectivity index (χ0) is 25.5. The first-order valence-corrected chi connectivity index (χ1v) is 12.4. The first kappa shape index (κ1) is 25.5. The largest absolute Gasteiger partial charge is 0.352 e. The minimum atomic E-state index is -0.424. The average molecular weight is 507 g/mol. The van der Waals surface area contributed by atoms with Gasteiger partial charge in [-0.15, -0.1) is 0 Å². The number of nitrogens with zero attached hydrogens (tertiary/aromatic N) is 2. The molecule has 1 aliphatic rings. The normalized spacial score (nSPS) is 12.8. The number of anilines is 1. The van der Waals surface area contributed by atoms with Crippen molar-refractivity contribution in [3.8, 4) is 0 Å². The molecule has 0 spiro atoms. The molecule has 0 radical (unpaired) electrons. The summed E-state index contributed by atoms with van der Waals surface area (Å²) in [5, 5.41) is 6.15. The first-order valence-electron chi connectivity index (χ1n) is 12.0. The highest BCUT2D eigenvalue weighted by molar-refractivity contribution is 6.33. The minimum Gasteiger partial charge on any atom is -0.352 e. The Morgan fingerprint density at radius 3 is 2.28 bits per heavy atom. The number of urea groups is 1. The number of rotatable bonds is 8. The Hall–Kier alpha value is -3.62. The lowest BCUT2D eigenvalue weighted by Gasteiger charge is -2.22. The standard InChI is InChI=1S/C27H31ClN6O2/c1-34(2)15-7-14-29-26(35)20-16-23(28)25(30-17-20)32-33-27(36)31-24-21-10-5-3-8-18(21)12-13-19-9-4-6-11-22(19)24/h3-6,8-11,16-17,24H,7,12-15H2,1-2H3,(H,29,35)(H,30,32)(H2,31,33,36). The minimum absolute atomic E-state index is 0.224. The van der Waals surface area contributed by atoms with Crippen LogP contribution in [0, 0.1) is 0 Å². The fourth-order valence-corrected chi connectivity index (χ4v) is 4.53. The molecule has 9 heteroatoms. The van der Waals surface area contributed by atoms with Gasteiger partial charge in [0.25, 0.3) is 5.91 Å². The van der Waals surface area contributed by atoms with E-state index in [0.717, 1.165) is 36.9 Å². The lowest BCUT2D eigenvalue weighted by Crippen LogP contribution is -2.41. The molecular formula is C27H31ClN6O2. The van der Waals surface area contributed by atoms with Crippen LogP contribution < -0.4 is 21.5 Å². The summed E-state index contributed by atoms with van der Waals surface area (Å²) in [5.41, 5.74) is 10.3. The van der Waals surface area contributed by atoms with E-state index in [2.05, 4.69) is 55.6 Å². The zero-order valence-corrected chi connectivity index (χ0v) is 21.2. The molecule has 36 heavy (non-hydrogen) atoms. The van der Waals surface area contributed by atoms with Gasteiger partial charge >= 0.3 is 6.03 Å². The van der Waals surface area contributed by atoms with E-state index in [4.69, 9.17) is 11.6 Å². The summed E-state index contributed by atoms with van der Waals surface area (Å²) in [7, 11) is 3.97. The van der Waals surface area contributed by atoms with Gasteiger partial charge in [0.15, 0.2) is 5.82 Å². The zero-order valence-electron chi connectivity index (χ0n) is 20.5. The van der Waals surface area contributed by atoms with Gasteiger partial charge in [0.1, 0.15) is 0 Å². The molecular weight excluding hydrogens is 476 g/mol. The summed E-state index contributed by atoms with van der Waals surface area (Å²) in [6.07, 6.45) is 4.10. The van der Waals surface area contributed by atoms with Crippen molar-refractivity contribution in [3.63, 3.8) is 0 Å². The van der Waals surface area contributed by atoms with Gasteiger partial charge in [-0.05, 0) is 68.2 Å². The monoisotopic (exact) mass is 506 g/mol. The van der Waals surface area contributed by atoms with Crippen LogP contribution in [0.15, 0.2) is 60.8 Å². The number of fused-ring (bicyclic) bond motifs is 2. The van der Waals surface area contributed by atoms with Crippen LogP contribution in [-0.4, -0.2) is 49.0 Å². The van der Waals surface area contributed by atoms with Gasteiger partial charge in [-0.3, -0.25) is 15.6 Å². The third-order valence-electron chi connectivity index (χ3n) is 6.14. The molecule has 0 fully saturated rings. The fourth-order valence-electron chi connectivity index (χ4n) is 4.32. The van der Waals surface area contributed by atoms with Gasteiger partial charge in [-0.1, -0.05) is 60.1 Å². The van der Waals surface area contributed by atoms with E-state index in [1.54, 1.807) is 0 Å².